The Morgan fingerprint density at radius 1 is 1.05 bits per heavy atom. The molecule has 2 aromatic heterocycles. The van der Waals surface area contributed by atoms with Crippen LogP contribution in [0, 0.1) is 17.3 Å². The molecule has 1 unspecified atom stereocenters. The highest BCUT2D eigenvalue weighted by atomic mass is 31.2. The fraction of sp³-hybridized carbons (Fsp3) is 0.579. The number of anilines is 1. The van der Waals surface area contributed by atoms with Crippen LogP contribution in [-0.4, -0.2) is 75.1 Å². The van der Waals surface area contributed by atoms with E-state index < -0.39 is 54.4 Å². The lowest BCUT2D eigenvalue weighted by molar-refractivity contribution is -0.149. The second-order valence-corrected chi connectivity index (χ2v) is 17.2. The number of imidazole rings is 1. The first kappa shape index (κ1) is 44.0. The summed E-state index contributed by atoms with van der Waals surface area (Å²) in [4.78, 5) is 62.5. The third-order valence-electron chi connectivity index (χ3n) is 8.95. The lowest BCUT2D eigenvalue weighted by Gasteiger charge is -2.27. The zero-order valence-electron chi connectivity index (χ0n) is 33.5. The maximum absolute atomic E-state index is 14.5. The monoisotopic (exact) mass is 801 g/mol. The molecule has 18 heteroatoms. The van der Waals surface area contributed by atoms with Gasteiger partial charge in [0.1, 0.15) is 36.4 Å². The molecular formula is C38H56N7O10P. The molecule has 56 heavy (non-hydrogen) atoms. The average molecular weight is 802 g/mol. The van der Waals surface area contributed by atoms with Gasteiger partial charge in [-0.1, -0.05) is 58.7 Å². The largest absolute Gasteiger partial charge is 0.464 e. The van der Waals surface area contributed by atoms with Crippen LogP contribution in [0.5, 0.6) is 5.75 Å². The number of hydrogen-bond donors (Lipinski definition) is 4. The Kier molecular flexibility index (Phi) is 14.9. The number of aromatic nitrogens is 4. The molecule has 1 aliphatic carbocycles. The summed E-state index contributed by atoms with van der Waals surface area (Å²) in [5.41, 5.74) is 4.32. The van der Waals surface area contributed by atoms with Crippen molar-refractivity contribution in [3.63, 3.8) is 0 Å². The van der Waals surface area contributed by atoms with E-state index in [4.69, 9.17) is 29.0 Å². The fourth-order valence-corrected chi connectivity index (χ4v) is 7.51. The molecule has 3 aromatic rings. The molecule has 4 rings (SSSR count). The van der Waals surface area contributed by atoms with Crippen molar-refractivity contribution in [2.75, 3.05) is 25.6 Å². The Hall–Kier alpha value is -4.73. The molecule has 0 saturated heterocycles. The van der Waals surface area contributed by atoms with E-state index in [9.17, 15) is 23.7 Å². The number of para-hydroxylation sites is 1. The highest BCUT2D eigenvalue weighted by Gasteiger charge is 2.53. The maximum atomic E-state index is 14.5. The van der Waals surface area contributed by atoms with E-state index in [1.807, 2.05) is 0 Å². The highest BCUT2D eigenvalue weighted by Crippen LogP contribution is 2.56. The van der Waals surface area contributed by atoms with Crippen molar-refractivity contribution in [2.24, 2.45) is 17.3 Å². The Labute approximate surface area is 327 Å². The molecule has 4 atom stereocenters. The van der Waals surface area contributed by atoms with Crippen LogP contribution in [0.3, 0.4) is 0 Å². The highest BCUT2D eigenvalue weighted by molar-refractivity contribution is 7.52. The molecule has 17 nitrogen and oxygen atoms in total. The number of nitrogens with one attached hydrogen (secondary N) is 3. The lowest BCUT2D eigenvalue weighted by Crippen LogP contribution is -2.47. The third-order valence-corrected chi connectivity index (χ3v) is 10.6. The number of rotatable bonds is 20. The first-order valence-electron chi connectivity index (χ1n) is 18.9. The van der Waals surface area contributed by atoms with Gasteiger partial charge in [-0.2, -0.15) is 10.1 Å². The van der Waals surface area contributed by atoms with Crippen molar-refractivity contribution in [1.29, 1.82) is 0 Å². The topological polar surface area (TPSA) is 228 Å². The molecule has 0 spiro atoms. The van der Waals surface area contributed by atoms with Crippen LogP contribution in [0.4, 0.5) is 10.7 Å². The standard InChI is InChI=1S/C38H56N7O10P/c1-9-14-26(15-10-2)20-51-33(47)25(5)44-56(50,55-28-16-12-11-13-17-28)53-22-38(21-52-34(48)29(24(3)4)41-36(49)54-37(6,7)8)18-27(38)19-45-23-40-30-31(45)42-35(39)43-32(30)46/h11-13,16-17,19,23-26,29H,9-10,14-15,18,20-22H2,1-8H3,(H,41,49)(H,44,50)(H3,39,42,43,46)/b27-19-/t25-,29?,38-,56-/m0/s1. The van der Waals surface area contributed by atoms with Crippen molar-refractivity contribution in [3.05, 3.63) is 52.6 Å². The second-order valence-electron chi connectivity index (χ2n) is 15.5. The van der Waals surface area contributed by atoms with Crippen molar-refractivity contribution < 1.29 is 42.2 Å². The summed E-state index contributed by atoms with van der Waals surface area (Å²) in [5, 5.41) is 5.33. The summed E-state index contributed by atoms with van der Waals surface area (Å²) in [6.07, 6.45) is 6.27. The minimum absolute atomic E-state index is 0.0551. The minimum Gasteiger partial charge on any atom is -0.464 e. The number of alkyl carbamates (subject to hydrolysis) is 1. The van der Waals surface area contributed by atoms with Gasteiger partial charge in [0.15, 0.2) is 11.2 Å². The number of carbonyl (C=O) groups is 3. The van der Waals surface area contributed by atoms with Crippen molar-refractivity contribution in [3.8, 4) is 5.75 Å². The number of nitrogens with two attached hydrogens (primary N) is 1. The van der Waals surface area contributed by atoms with Crippen molar-refractivity contribution >= 4 is 49.1 Å². The van der Waals surface area contributed by atoms with Gasteiger partial charge < -0.3 is 29.8 Å². The van der Waals surface area contributed by atoms with Gasteiger partial charge in [-0.3, -0.25) is 23.7 Å². The van der Waals surface area contributed by atoms with Crippen molar-refractivity contribution in [2.45, 2.75) is 105 Å². The second kappa shape index (κ2) is 18.9. The molecule has 0 bridgehead atoms. The number of amides is 1. The number of H-pyrrole nitrogens is 1. The zero-order chi connectivity index (χ0) is 41.3. The molecule has 0 aliphatic heterocycles. The van der Waals surface area contributed by atoms with Gasteiger partial charge >= 0.3 is 25.8 Å². The van der Waals surface area contributed by atoms with Crippen LogP contribution in [0.2, 0.25) is 0 Å². The summed E-state index contributed by atoms with van der Waals surface area (Å²) in [6.45, 7) is 13.9. The molecule has 5 N–H and O–H groups in total. The Morgan fingerprint density at radius 3 is 2.36 bits per heavy atom. The minimum atomic E-state index is -4.34. The van der Waals surface area contributed by atoms with E-state index in [2.05, 4.69) is 39.2 Å². The van der Waals surface area contributed by atoms with E-state index in [0.717, 1.165) is 25.7 Å². The number of benzene rings is 1. The number of ether oxygens (including phenoxy) is 3. The molecule has 1 saturated carbocycles. The molecular weight excluding hydrogens is 745 g/mol. The van der Waals surface area contributed by atoms with Crippen LogP contribution < -0.4 is 26.2 Å². The van der Waals surface area contributed by atoms with E-state index in [0.29, 0.717) is 5.57 Å². The van der Waals surface area contributed by atoms with Gasteiger partial charge in [0.25, 0.3) is 5.56 Å². The Morgan fingerprint density at radius 2 is 1.73 bits per heavy atom. The van der Waals surface area contributed by atoms with Gasteiger partial charge in [-0.25, -0.2) is 19.1 Å². The van der Waals surface area contributed by atoms with E-state index in [1.165, 1.54) is 17.8 Å². The van der Waals surface area contributed by atoms with Gasteiger partial charge in [-0.15, -0.1) is 0 Å². The summed E-state index contributed by atoms with van der Waals surface area (Å²) in [5.74, 6) is -1.40. The molecule has 1 aromatic carbocycles. The summed E-state index contributed by atoms with van der Waals surface area (Å²) in [6, 6.07) is 6.19. The number of esters is 2. The van der Waals surface area contributed by atoms with E-state index in [1.54, 1.807) is 71.2 Å². The molecule has 1 amide bonds. The van der Waals surface area contributed by atoms with Crippen LogP contribution in [-0.2, 0) is 32.9 Å². The van der Waals surface area contributed by atoms with Crippen LogP contribution in [0.15, 0.2) is 47.0 Å². The first-order valence-corrected chi connectivity index (χ1v) is 20.4. The maximum Gasteiger partial charge on any atom is 0.459 e. The predicted molar refractivity (Wildman–Crippen MR) is 210 cm³/mol. The predicted octanol–water partition coefficient (Wildman–Crippen LogP) is 5.97. The molecule has 1 aliphatic rings. The van der Waals surface area contributed by atoms with E-state index in [-0.39, 0.29) is 60.9 Å². The third kappa shape index (κ3) is 12.4. The summed E-state index contributed by atoms with van der Waals surface area (Å²) < 4.78 is 44.8. The number of fused-ring (bicyclic) bond motifs is 1. The number of hydrogen-bond acceptors (Lipinski definition) is 13. The van der Waals surface area contributed by atoms with Crippen molar-refractivity contribution in [1.82, 2.24) is 29.9 Å². The smallest absolute Gasteiger partial charge is 0.459 e. The van der Waals surface area contributed by atoms with Crippen LogP contribution >= 0.6 is 7.75 Å². The van der Waals surface area contributed by atoms with Gasteiger partial charge in [0.2, 0.25) is 5.95 Å². The Balaban J connectivity index is 1.61. The molecule has 2 heterocycles. The van der Waals surface area contributed by atoms with Gasteiger partial charge in [0.05, 0.1) is 18.6 Å². The van der Waals surface area contributed by atoms with E-state index >= 15 is 0 Å². The number of nitrogen functional groups attached to an aromatic ring is 1. The normalized spacial score (nSPS) is 18.4. The molecule has 0 radical (unpaired) electrons. The number of carbonyl (C=O) groups excluding carboxylic acids is 3. The number of nitrogens with zero attached hydrogens (tertiary/aromatic N) is 3. The fourth-order valence-electron chi connectivity index (χ4n) is 5.93. The quantitative estimate of drug-likeness (QED) is 0.0587. The molecule has 1 fully saturated rings. The Bertz CT molecular complexity index is 1950. The van der Waals surface area contributed by atoms with Gasteiger partial charge in [0, 0.05) is 6.20 Å². The first-order chi connectivity index (χ1) is 26.4. The van der Waals surface area contributed by atoms with Gasteiger partial charge in [-0.05, 0) is 76.5 Å². The van der Waals surface area contributed by atoms with Crippen LogP contribution in [0.1, 0.15) is 87.5 Å². The average Bonchev–Trinajstić information content (AvgIpc) is 3.65. The lowest BCUT2D eigenvalue weighted by atomic mass is 9.99. The molecule has 308 valence electrons. The van der Waals surface area contributed by atoms with Crippen LogP contribution in [0.25, 0.3) is 17.4 Å². The summed E-state index contributed by atoms with van der Waals surface area (Å²) in [7, 11) is -4.34. The SMILES string of the molecule is CCCC(CCC)COC(=O)[C@H](C)N[P@](=O)(OC[C@@]1(COC(=O)C(NC(=O)OC(C)(C)C)C(C)C)C/C1=C/n1cnc2c(=O)[nH]c(N)nc21)Oc1ccccc1. The summed E-state index contributed by atoms with van der Waals surface area (Å²) >= 11 is 0. The number of aromatic amines is 1. The zero-order valence-corrected chi connectivity index (χ0v) is 34.4.